The average molecular weight is 655 g/mol. The largest absolute Gasteiger partial charge is 0.507 e. The second-order valence-corrected chi connectivity index (χ2v) is 10.1. The zero-order chi connectivity index (χ0) is 25.8. The maximum atomic E-state index is 12.7. The third-order valence-electron chi connectivity index (χ3n) is 6.57. The monoisotopic (exact) mass is 653 g/mol. The molecule has 2 aliphatic rings. The lowest BCUT2D eigenvalue weighted by Gasteiger charge is -2.30. The Morgan fingerprint density at radius 2 is 1.26 bits per heavy atom. The van der Waals surface area contributed by atoms with Crippen molar-refractivity contribution in [2.24, 2.45) is 0 Å². The average Bonchev–Trinajstić information content (AvgIpc) is 2.91. The van der Waals surface area contributed by atoms with Crippen LogP contribution in [0.3, 0.4) is 0 Å². The lowest BCUT2D eigenvalue weighted by Crippen LogP contribution is -2.34. The Morgan fingerprint density at radius 3 is 1.76 bits per heavy atom. The number of carbonyl (C=O) groups excluding carboxylic acids is 1. The van der Waals surface area contributed by atoms with Crippen LogP contribution in [0.1, 0.15) is 54.6 Å². The van der Waals surface area contributed by atoms with Gasteiger partial charge >= 0.3 is 0 Å². The Labute approximate surface area is 268 Å². The molecule has 0 radical (unpaired) electrons. The van der Waals surface area contributed by atoms with E-state index in [1.807, 2.05) is 0 Å². The lowest BCUT2D eigenvalue weighted by atomic mass is 10.1. The molecule has 2 aromatic carbocycles. The van der Waals surface area contributed by atoms with Gasteiger partial charge in [-0.2, -0.15) is 15.0 Å². The zero-order valence-corrected chi connectivity index (χ0v) is 25.9. The number of anilines is 5. The number of nitrogens with zero attached hydrogens (tertiary/aromatic N) is 5. The number of phenols is 1. The fraction of sp³-hybridized carbons (Fsp3) is 0.385. The fourth-order valence-corrected chi connectivity index (χ4v) is 4.88. The van der Waals surface area contributed by atoms with Gasteiger partial charge in [-0.3, -0.25) is 4.79 Å². The second-order valence-electron chi connectivity index (χ2n) is 9.29. The minimum Gasteiger partial charge on any atom is -0.507 e. The van der Waals surface area contributed by atoms with Crippen LogP contribution in [0.25, 0.3) is 0 Å². The molecule has 1 aromatic heterocycles. The van der Waals surface area contributed by atoms with E-state index in [2.05, 4.69) is 30.4 Å². The van der Waals surface area contributed by atoms with Crippen molar-refractivity contribution >= 4 is 70.7 Å². The molecule has 0 atom stereocenters. The summed E-state index contributed by atoms with van der Waals surface area (Å²) < 4.78 is 0. The molecule has 16 heteroatoms. The number of hydrogen-bond donors (Lipinski definition) is 7. The molecule has 0 saturated carbocycles. The number of nitrogens with one attached hydrogen (secondary N) is 2. The van der Waals surface area contributed by atoms with E-state index < -0.39 is 5.91 Å². The van der Waals surface area contributed by atoms with Gasteiger partial charge in [-0.25, -0.2) is 0 Å². The van der Waals surface area contributed by atoms with Gasteiger partial charge in [-0.1, -0.05) is 23.2 Å². The number of aromatic nitrogens is 3. The highest BCUT2D eigenvalue weighted by atomic mass is 35.5. The molecule has 242 valence electrons. The smallest absolute Gasteiger partial charge is 0.259 e. The summed E-state index contributed by atoms with van der Waals surface area (Å²) in [7, 11) is 0. The number of aromatic hydroxyl groups is 1. The minimum absolute atomic E-state index is 0. The summed E-state index contributed by atoms with van der Waals surface area (Å²) in [6.45, 7) is 3.69. The second kappa shape index (κ2) is 17.7. The first-order valence-electron chi connectivity index (χ1n) is 12.6. The van der Waals surface area contributed by atoms with Gasteiger partial charge in [0.25, 0.3) is 5.91 Å². The Kier molecular flexibility index (Phi) is 16.4. The SMILES string of the molecule is Cl.N.N.N.N.O=C(Nc1ccc(Cl)c(Cl)c1)c1ccc(Nc2nc(N3CCCCC3)nc(N3CCCCC3)n2)cc1O.[HH].[HH].[HH].[HH]. The standard InChI is InChI=1S/C26H29Cl2N7O2.ClH.4H3N.4H2/c27-20-10-8-17(15-21(20)28)29-23(37)19-9-7-18(16-22(19)36)30-24-31-25(34-11-3-1-4-12-34)33-26(32-24)35-13-5-2-6-14-35;;;;;;;;;/h7-10,15-16,36H,1-6,11-14H2,(H,29,37)(H,30,31,32,33);1H;4*1H3;4*1H. The molecule has 0 aliphatic carbocycles. The van der Waals surface area contributed by atoms with Crippen molar-refractivity contribution in [3.8, 4) is 5.75 Å². The van der Waals surface area contributed by atoms with E-state index in [1.165, 1.54) is 18.9 Å². The molecule has 3 aromatic rings. The third-order valence-corrected chi connectivity index (χ3v) is 7.30. The summed E-state index contributed by atoms with van der Waals surface area (Å²) in [6.07, 6.45) is 6.91. The number of piperidine rings is 2. The molecule has 13 nitrogen and oxygen atoms in total. The summed E-state index contributed by atoms with van der Waals surface area (Å²) in [4.78, 5) is 31.3. The van der Waals surface area contributed by atoms with Gasteiger partial charge < -0.3 is 50.1 Å². The predicted molar refractivity (Wildman–Crippen MR) is 184 cm³/mol. The third kappa shape index (κ3) is 9.42. The lowest BCUT2D eigenvalue weighted by molar-refractivity contribution is 0.102. The van der Waals surface area contributed by atoms with E-state index in [0.717, 1.165) is 51.9 Å². The molecule has 0 unspecified atom stereocenters. The summed E-state index contributed by atoms with van der Waals surface area (Å²) in [6, 6.07) is 9.51. The van der Waals surface area contributed by atoms with Gasteiger partial charge in [0.15, 0.2) is 0 Å². The highest BCUT2D eigenvalue weighted by molar-refractivity contribution is 6.42. The molecule has 15 N–H and O–H groups in total. The van der Waals surface area contributed by atoms with E-state index in [4.69, 9.17) is 28.2 Å². The number of carbonyl (C=O) groups is 1. The van der Waals surface area contributed by atoms with Crippen LogP contribution in [-0.4, -0.2) is 52.1 Å². The Morgan fingerprint density at radius 1 is 0.738 bits per heavy atom. The molecule has 42 heavy (non-hydrogen) atoms. The summed E-state index contributed by atoms with van der Waals surface area (Å²) in [5.74, 6) is 1.09. The van der Waals surface area contributed by atoms with Gasteiger partial charge in [-0.05, 0) is 68.9 Å². The maximum Gasteiger partial charge on any atom is 0.259 e. The van der Waals surface area contributed by atoms with Crippen molar-refractivity contribution < 1.29 is 15.6 Å². The minimum atomic E-state index is -0.470. The van der Waals surface area contributed by atoms with Crippen molar-refractivity contribution in [3.63, 3.8) is 0 Å². The number of benzene rings is 2. The summed E-state index contributed by atoms with van der Waals surface area (Å²) >= 11 is 12.0. The topological polar surface area (TPSA) is 247 Å². The van der Waals surface area contributed by atoms with Crippen LogP contribution in [0.4, 0.5) is 29.2 Å². The first-order valence-corrected chi connectivity index (χ1v) is 13.3. The molecule has 2 fully saturated rings. The number of amides is 1. The van der Waals surface area contributed by atoms with E-state index in [1.54, 1.807) is 30.3 Å². The van der Waals surface area contributed by atoms with Gasteiger partial charge in [0.05, 0.1) is 15.6 Å². The summed E-state index contributed by atoms with van der Waals surface area (Å²) in [5, 5.41) is 17.2. The van der Waals surface area contributed by atoms with E-state index >= 15 is 0 Å². The van der Waals surface area contributed by atoms with Crippen LogP contribution in [0.5, 0.6) is 5.75 Å². The molecule has 3 heterocycles. The van der Waals surface area contributed by atoms with Crippen LogP contribution in [-0.2, 0) is 0 Å². The number of phenolic OH excluding ortho intramolecular Hbond substituents is 1. The van der Waals surface area contributed by atoms with Crippen LogP contribution in [0.2, 0.25) is 10.0 Å². The van der Waals surface area contributed by atoms with Crippen LogP contribution in [0, 0.1) is 0 Å². The fourth-order valence-electron chi connectivity index (χ4n) is 4.58. The molecular formula is C26H50Cl3N11O2. The molecule has 5 rings (SSSR count). The van der Waals surface area contributed by atoms with Crippen molar-refractivity contribution in [2.75, 3.05) is 46.6 Å². The number of halogens is 3. The normalized spacial score (nSPS) is 14.0. The first-order chi connectivity index (χ1) is 18.0. The highest BCUT2D eigenvalue weighted by Gasteiger charge is 2.21. The van der Waals surface area contributed by atoms with Gasteiger partial charge in [-0.15, -0.1) is 12.4 Å². The van der Waals surface area contributed by atoms with Crippen molar-refractivity contribution in [1.29, 1.82) is 0 Å². The zero-order valence-electron chi connectivity index (χ0n) is 23.6. The van der Waals surface area contributed by atoms with E-state index in [9.17, 15) is 9.90 Å². The van der Waals surface area contributed by atoms with Crippen LogP contribution >= 0.6 is 35.6 Å². The van der Waals surface area contributed by atoms with Crippen molar-refractivity contribution in [2.45, 2.75) is 38.5 Å². The molecular weight excluding hydrogens is 605 g/mol. The van der Waals surface area contributed by atoms with Gasteiger partial charge in [0.2, 0.25) is 17.8 Å². The van der Waals surface area contributed by atoms with E-state index in [0.29, 0.717) is 39.3 Å². The first kappa shape index (κ1) is 38.8. The molecule has 0 spiro atoms. The van der Waals surface area contributed by atoms with Crippen molar-refractivity contribution in [3.05, 3.63) is 52.0 Å². The number of hydrogen-bond acceptors (Lipinski definition) is 12. The quantitative estimate of drug-likeness (QED) is 0.134. The highest BCUT2D eigenvalue weighted by Crippen LogP contribution is 2.29. The van der Waals surface area contributed by atoms with Crippen LogP contribution in [0.15, 0.2) is 36.4 Å². The predicted octanol–water partition coefficient (Wildman–Crippen LogP) is 7.91. The van der Waals surface area contributed by atoms with Crippen LogP contribution < -0.4 is 45.0 Å². The van der Waals surface area contributed by atoms with Crippen molar-refractivity contribution in [1.82, 2.24) is 39.6 Å². The molecule has 1 amide bonds. The maximum absolute atomic E-state index is 12.7. The Bertz CT molecular complexity index is 1270. The molecule has 0 bridgehead atoms. The van der Waals surface area contributed by atoms with Gasteiger partial charge in [0.1, 0.15) is 5.75 Å². The van der Waals surface area contributed by atoms with Gasteiger partial charge in [0, 0.05) is 49.3 Å². The number of rotatable bonds is 6. The Balaban J connectivity index is -0.000000623. The molecule has 2 saturated heterocycles. The molecule has 2 aliphatic heterocycles. The Hall–Kier alpha value is -3.17. The van der Waals surface area contributed by atoms with E-state index in [-0.39, 0.29) is 54.0 Å². The summed E-state index contributed by atoms with van der Waals surface area (Å²) in [5.41, 5.74) is 1.15.